The molecule has 0 saturated carbocycles. The van der Waals surface area contributed by atoms with Crippen LogP contribution < -0.4 is 0 Å². The van der Waals surface area contributed by atoms with E-state index >= 15 is 0 Å². The van der Waals surface area contributed by atoms with E-state index in [1.165, 1.54) is 32.1 Å². The zero-order valence-electron chi connectivity index (χ0n) is 11.6. The molecule has 0 fully saturated rings. The van der Waals surface area contributed by atoms with Crippen molar-refractivity contribution in [2.24, 2.45) is 5.92 Å². The fourth-order valence-electron chi connectivity index (χ4n) is 1.90. The lowest BCUT2D eigenvalue weighted by Gasteiger charge is -2.04. The summed E-state index contributed by atoms with van der Waals surface area (Å²) in [6, 6.07) is 0. The van der Waals surface area contributed by atoms with Crippen LogP contribution in [0.25, 0.3) is 0 Å². The third kappa shape index (κ3) is 11.7. The van der Waals surface area contributed by atoms with E-state index in [0.717, 1.165) is 38.0 Å². The Labute approximate surface area is 102 Å². The monoisotopic (exact) mass is 226 g/mol. The highest BCUT2D eigenvalue weighted by Crippen LogP contribution is 2.12. The molecule has 16 heavy (non-hydrogen) atoms. The van der Waals surface area contributed by atoms with Crippen LogP contribution in [0, 0.1) is 5.92 Å². The summed E-state index contributed by atoms with van der Waals surface area (Å²) < 4.78 is 0. The summed E-state index contributed by atoms with van der Waals surface area (Å²) in [6.07, 6.45) is 11.6. The van der Waals surface area contributed by atoms with Gasteiger partial charge in [0.1, 0.15) is 5.78 Å². The van der Waals surface area contributed by atoms with Gasteiger partial charge in [-0.25, -0.2) is 0 Å². The van der Waals surface area contributed by atoms with Gasteiger partial charge >= 0.3 is 0 Å². The SMILES string of the molecule is CCCCC(=O)CCCCCCCC(C)C. The Hall–Kier alpha value is -0.330. The standard InChI is InChI=1S/C15H30O/c1-4-5-12-15(16)13-10-8-6-7-9-11-14(2)3/h14H,4-13H2,1-3H3. The molecule has 0 N–H and O–H groups in total. The second-order valence-corrected chi connectivity index (χ2v) is 5.34. The van der Waals surface area contributed by atoms with Gasteiger partial charge in [0.25, 0.3) is 0 Å². The second-order valence-electron chi connectivity index (χ2n) is 5.34. The van der Waals surface area contributed by atoms with Crippen LogP contribution in [0.2, 0.25) is 0 Å². The summed E-state index contributed by atoms with van der Waals surface area (Å²) >= 11 is 0. The summed E-state index contributed by atoms with van der Waals surface area (Å²) in [6.45, 7) is 6.71. The van der Waals surface area contributed by atoms with Crippen molar-refractivity contribution in [1.82, 2.24) is 0 Å². The van der Waals surface area contributed by atoms with E-state index in [2.05, 4.69) is 20.8 Å². The maximum atomic E-state index is 11.4. The number of hydrogen-bond acceptors (Lipinski definition) is 1. The molecule has 0 atom stereocenters. The van der Waals surface area contributed by atoms with Crippen molar-refractivity contribution in [3.63, 3.8) is 0 Å². The Morgan fingerprint density at radius 2 is 1.44 bits per heavy atom. The molecular formula is C15H30O. The molecule has 0 radical (unpaired) electrons. The summed E-state index contributed by atoms with van der Waals surface area (Å²) in [5.74, 6) is 1.32. The number of carbonyl (C=O) groups is 1. The molecule has 0 aliphatic rings. The van der Waals surface area contributed by atoms with Gasteiger partial charge in [-0.1, -0.05) is 59.3 Å². The highest BCUT2D eigenvalue weighted by Gasteiger charge is 2.00. The van der Waals surface area contributed by atoms with E-state index in [0.29, 0.717) is 5.78 Å². The lowest BCUT2D eigenvalue weighted by atomic mass is 10.0. The van der Waals surface area contributed by atoms with Gasteiger partial charge in [0.05, 0.1) is 0 Å². The molecule has 0 bridgehead atoms. The molecule has 0 saturated heterocycles. The maximum Gasteiger partial charge on any atom is 0.132 e. The topological polar surface area (TPSA) is 17.1 Å². The van der Waals surface area contributed by atoms with Crippen LogP contribution in [0.1, 0.15) is 85.0 Å². The lowest BCUT2D eigenvalue weighted by molar-refractivity contribution is -0.119. The minimum atomic E-state index is 0.476. The molecule has 0 spiro atoms. The van der Waals surface area contributed by atoms with E-state index in [9.17, 15) is 4.79 Å². The van der Waals surface area contributed by atoms with E-state index in [-0.39, 0.29) is 0 Å². The minimum absolute atomic E-state index is 0.476. The summed E-state index contributed by atoms with van der Waals surface area (Å²) in [7, 11) is 0. The van der Waals surface area contributed by atoms with Crippen molar-refractivity contribution in [2.45, 2.75) is 85.0 Å². The third-order valence-electron chi connectivity index (χ3n) is 3.05. The Kier molecular flexibility index (Phi) is 10.9. The highest BCUT2D eigenvalue weighted by atomic mass is 16.1. The molecule has 96 valence electrons. The number of carbonyl (C=O) groups excluding carboxylic acids is 1. The van der Waals surface area contributed by atoms with Crippen LogP contribution >= 0.6 is 0 Å². The number of unbranched alkanes of at least 4 members (excludes halogenated alkanes) is 5. The Morgan fingerprint density at radius 3 is 2.06 bits per heavy atom. The van der Waals surface area contributed by atoms with Gasteiger partial charge in [-0.3, -0.25) is 4.79 Å². The molecule has 1 heteroatoms. The van der Waals surface area contributed by atoms with Crippen LogP contribution in [0.3, 0.4) is 0 Å². The van der Waals surface area contributed by atoms with Gasteiger partial charge in [0.2, 0.25) is 0 Å². The van der Waals surface area contributed by atoms with Gasteiger partial charge < -0.3 is 0 Å². The van der Waals surface area contributed by atoms with Gasteiger partial charge in [-0.05, 0) is 18.8 Å². The molecule has 0 aromatic heterocycles. The number of rotatable bonds is 11. The largest absolute Gasteiger partial charge is 0.300 e. The van der Waals surface area contributed by atoms with E-state index in [1.807, 2.05) is 0 Å². The van der Waals surface area contributed by atoms with Crippen LogP contribution in [0.4, 0.5) is 0 Å². The van der Waals surface area contributed by atoms with Gasteiger partial charge in [0, 0.05) is 12.8 Å². The minimum Gasteiger partial charge on any atom is -0.300 e. The average Bonchev–Trinajstić information content (AvgIpc) is 2.24. The fourth-order valence-corrected chi connectivity index (χ4v) is 1.90. The molecule has 0 rings (SSSR count). The molecule has 0 aliphatic heterocycles. The molecule has 0 aliphatic carbocycles. The summed E-state index contributed by atoms with van der Waals surface area (Å²) in [5, 5.41) is 0. The Morgan fingerprint density at radius 1 is 0.875 bits per heavy atom. The second kappa shape index (κ2) is 11.2. The number of hydrogen-bond donors (Lipinski definition) is 0. The first-order chi connectivity index (χ1) is 7.66. The molecule has 0 aromatic carbocycles. The first-order valence-corrected chi connectivity index (χ1v) is 7.18. The first-order valence-electron chi connectivity index (χ1n) is 7.18. The zero-order chi connectivity index (χ0) is 12.2. The average molecular weight is 226 g/mol. The van der Waals surface area contributed by atoms with E-state index in [4.69, 9.17) is 0 Å². The summed E-state index contributed by atoms with van der Waals surface area (Å²) in [5.41, 5.74) is 0. The molecule has 0 aromatic rings. The predicted molar refractivity (Wildman–Crippen MR) is 71.7 cm³/mol. The van der Waals surface area contributed by atoms with Crippen molar-refractivity contribution in [3.8, 4) is 0 Å². The van der Waals surface area contributed by atoms with Crippen LogP contribution in [-0.2, 0) is 4.79 Å². The first kappa shape index (κ1) is 15.7. The Bertz CT molecular complexity index is 161. The van der Waals surface area contributed by atoms with Crippen molar-refractivity contribution in [3.05, 3.63) is 0 Å². The molecule has 0 amide bonds. The zero-order valence-corrected chi connectivity index (χ0v) is 11.6. The molecular weight excluding hydrogens is 196 g/mol. The number of ketones is 1. The normalized spacial score (nSPS) is 11.0. The molecule has 0 unspecified atom stereocenters. The Balaban J connectivity index is 3.11. The van der Waals surface area contributed by atoms with Gasteiger partial charge in [-0.2, -0.15) is 0 Å². The van der Waals surface area contributed by atoms with Crippen LogP contribution in [0.5, 0.6) is 0 Å². The molecule has 0 heterocycles. The van der Waals surface area contributed by atoms with Crippen molar-refractivity contribution < 1.29 is 4.79 Å². The van der Waals surface area contributed by atoms with Crippen molar-refractivity contribution >= 4 is 5.78 Å². The molecule has 1 nitrogen and oxygen atoms in total. The van der Waals surface area contributed by atoms with Crippen LogP contribution in [0.15, 0.2) is 0 Å². The maximum absolute atomic E-state index is 11.4. The van der Waals surface area contributed by atoms with Crippen molar-refractivity contribution in [1.29, 1.82) is 0 Å². The quantitative estimate of drug-likeness (QED) is 0.446. The van der Waals surface area contributed by atoms with Gasteiger partial charge in [-0.15, -0.1) is 0 Å². The number of Topliss-reactive ketones (excluding diaryl/α,β-unsaturated/α-hetero) is 1. The highest BCUT2D eigenvalue weighted by molar-refractivity contribution is 5.78. The van der Waals surface area contributed by atoms with E-state index < -0.39 is 0 Å². The van der Waals surface area contributed by atoms with Crippen molar-refractivity contribution in [2.75, 3.05) is 0 Å². The predicted octanol–water partition coefficient (Wildman–Crippen LogP) is 5.13. The van der Waals surface area contributed by atoms with E-state index in [1.54, 1.807) is 0 Å². The fraction of sp³-hybridized carbons (Fsp3) is 0.933. The van der Waals surface area contributed by atoms with Gasteiger partial charge in [0.15, 0.2) is 0 Å². The smallest absolute Gasteiger partial charge is 0.132 e. The van der Waals surface area contributed by atoms with Crippen LogP contribution in [-0.4, -0.2) is 5.78 Å². The lowest BCUT2D eigenvalue weighted by Crippen LogP contribution is -1.97. The summed E-state index contributed by atoms with van der Waals surface area (Å²) in [4.78, 5) is 11.4. The third-order valence-corrected chi connectivity index (χ3v) is 3.05.